The van der Waals surface area contributed by atoms with Crippen LogP contribution in [-0.2, 0) is 4.79 Å². The molecule has 0 radical (unpaired) electrons. The smallest absolute Gasteiger partial charge is 0.229 e. The summed E-state index contributed by atoms with van der Waals surface area (Å²) in [7, 11) is 0. The third-order valence-electron chi connectivity index (χ3n) is 3.91. The molecule has 2 unspecified atom stereocenters. The van der Waals surface area contributed by atoms with Crippen molar-refractivity contribution in [3.05, 3.63) is 12.2 Å². The molecule has 2 atom stereocenters. The first-order chi connectivity index (χ1) is 9.47. The van der Waals surface area contributed by atoms with Crippen molar-refractivity contribution in [2.45, 2.75) is 40.2 Å². The standard InChI is InChI=1S/C16H31N3O/c1-5-18(6-2)9-10-19(12-13(3)4)16(20)14-7-8-15(17)11-14/h7-8,13-15H,5-6,9-12,17H2,1-4H3. The highest BCUT2D eigenvalue weighted by atomic mass is 16.2. The number of hydrogen-bond acceptors (Lipinski definition) is 3. The first-order valence-electron chi connectivity index (χ1n) is 7.92. The third-order valence-corrected chi connectivity index (χ3v) is 3.91. The summed E-state index contributed by atoms with van der Waals surface area (Å²) in [5.74, 6) is 0.727. The molecule has 0 fully saturated rings. The molecule has 116 valence electrons. The summed E-state index contributed by atoms with van der Waals surface area (Å²) in [6, 6.07) is 0.0487. The number of rotatable bonds is 8. The van der Waals surface area contributed by atoms with Crippen molar-refractivity contribution in [2.75, 3.05) is 32.7 Å². The van der Waals surface area contributed by atoms with Crippen LogP contribution >= 0.6 is 0 Å². The van der Waals surface area contributed by atoms with Gasteiger partial charge in [0.25, 0.3) is 0 Å². The van der Waals surface area contributed by atoms with E-state index in [0.717, 1.165) is 39.1 Å². The molecule has 2 N–H and O–H groups in total. The summed E-state index contributed by atoms with van der Waals surface area (Å²) in [4.78, 5) is 17.0. The zero-order valence-electron chi connectivity index (χ0n) is 13.5. The van der Waals surface area contributed by atoms with Crippen molar-refractivity contribution >= 4 is 5.91 Å². The molecular formula is C16H31N3O. The molecule has 1 amide bonds. The van der Waals surface area contributed by atoms with E-state index in [-0.39, 0.29) is 17.9 Å². The highest BCUT2D eigenvalue weighted by Gasteiger charge is 2.27. The molecule has 0 saturated carbocycles. The van der Waals surface area contributed by atoms with Crippen LogP contribution in [-0.4, -0.2) is 54.5 Å². The maximum atomic E-state index is 12.6. The predicted octanol–water partition coefficient (Wildman–Crippen LogP) is 1.72. The van der Waals surface area contributed by atoms with Gasteiger partial charge in [-0.05, 0) is 25.4 Å². The fourth-order valence-corrected chi connectivity index (χ4v) is 2.68. The molecular weight excluding hydrogens is 250 g/mol. The molecule has 4 heteroatoms. The van der Waals surface area contributed by atoms with Gasteiger partial charge in [0.1, 0.15) is 0 Å². The Labute approximate surface area is 124 Å². The van der Waals surface area contributed by atoms with Crippen LogP contribution < -0.4 is 5.73 Å². The minimum absolute atomic E-state index is 0.0135. The fraction of sp³-hybridized carbons (Fsp3) is 0.812. The zero-order valence-corrected chi connectivity index (χ0v) is 13.5. The number of carbonyl (C=O) groups is 1. The van der Waals surface area contributed by atoms with E-state index in [1.165, 1.54) is 0 Å². The van der Waals surface area contributed by atoms with Gasteiger partial charge in [-0.25, -0.2) is 0 Å². The second-order valence-electron chi connectivity index (χ2n) is 6.10. The Morgan fingerprint density at radius 1 is 1.25 bits per heavy atom. The fourth-order valence-electron chi connectivity index (χ4n) is 2.68. The van der Waals surface area contributed by atoms with Crippen LogP contribution in [0.1, 0.15) is 34.1 Å². The molecule has 0 aromatic heterocycles. The predicted molar refractivity (Wildman–Crippen MR) is 84.4 cm³/mol. The van der Waals surface area contributed by atoms with E-state index in [0.29, 0.717) is 5.92 Å². The second-order valence-corrected chi connectivity index (χ2v) is 6.10. The highest BCUT2D eigenvalue weighted by molar-refractivity contribution is 5.81. The van der Waals surface area contributed by atoms with Gasteiger partial charge in [0.2, 0.25) is 5.91 Å². The van der Waals surface area contributed by atoms with Crippen LogP contribution in [0.4, 0.5) is 0 Å². The largest absolute Gasteiger partial charge is 0.341 e. The van der Waals surface area contributed by atoms with E-state index in [9.17, 15) is 4.79 Å². The van der Waals surface area contributed by atoms with Crippen molar-refractivity contribution in [3.63, 3.8) is 0 Å². The van der Waals surface area contributed by atoms with Gasteiger partial charge in [-0.2, -0.15) is 0 Å². The Hall–Kier alpha value is -0.870. The second kappa shape index (κ2) is 8.42. The molecule has 1 aliphatic carbocycles. The lowest BCUT2D eigenvalue weighted by Crippen LogP contribution is -2.43. The van der Waals surface area contributed by atoms with Gasteiger partial charge < -0.3 is 15.5 Å². The summed E-state index contributed by atoms with van der Waals surface area (Å²) >= 11 is 0. The summed E-state index contributed by atoms with van der Waals surface area (Å²) in [6.07, 6.45) is 4.71. The Morgan fingerprint density at radius 2 is 1.90 bits per heavy atom. The molecule has 1 rings (SSSR count). The minimum Gasteiger partial charge on any atom is -0.341 e. The Bertz CT molecular complexity index is 324. The lowest BCUT2D eigenvalue weighted by Gasteiger charge is -2.29. The lowest BCUT2D eigenvalue weighted by molar-refractivity contribution is -0.134. The quantitative estimate of drug-likeness (QED) is 0.689. The van der Waals surface area contributed by atoms with Gasteiger partial charge in [0.15, 0.2) is 0 Å². The van der Waals surface area contributed by atoms with E-state index in [1.807, 2.05) is 17.1 Å². The average molecular weight is 281 g/mol. The highest BCUT2D eigenvalue weighted by Crippen LogP contribution is 2.19. The molecule has 1 aliphatic rings. The first-order valence-corrected chi connectivity index (χ1v) is 7.92. The Balaban J connectivity index is 2.59. The molecule has 0 aromatic carbocycles. The molecule has 0 saturated heterocycles. The molecule has 0 aliphatic heterocycles. The molecule has 0 aromatic rings. The van der Waals surface area contributed by atoms with Crippen molar-refractivity contribution in [3.8, 4) is 0 Å². The number of hydrogen-bond donors (Lipinski definition) is 1. The van der Waals surface area contributed by atoms with Crippen LogP contribution in [0.25, 0.3) is 0 Å². The van der Waals surface area contributed by atoms with Gasteiger partial charge in [-0.1, -0.05) is 39.8 Å². The van der Waals surface area contributed by atoms with E-state index in [4.69, 9.17) is 5.73 Å². The number of nitrogens with two attached hydrogens (primary N) is 1. The van der Waals surface area contributed by atoms with Crippen molar-refractivity contribution < 1.29 is 4.79 Å². The molecule has 0 bridgehead atoms. The number of amides is 1. The van der Waals surface area contributed by atoms with Crippen LogP contribution in [0, 0.1) is 11.8 Å². The van der Waals surface area contributed by atoms with Gasteiger partial charge in [-0.15, -0.1) is 0 Å². The summed E-state index contributed by atoms with van der Waals surface area (Å²) in [5, 5.41) is 0. The Morgan fingerprint density at radius 3 is 2.35 bits per heavy atom. The summed E-state index contributed by atoms with van der Waals surface area (Å²) in [5.41, 5.74) is 5.86. The summed E-state index contributed by atoms with van der Waals surface area (Å²) in [6.45, 7) is 13.3. The normalized spacial score (nSPS) is 21.9. The summed E-state index contributed by atoms with van der Waals surface area (Å²) < 4.78 is 0. The maximum Gasteiger partial charge on any atom is 0.229 e. The van der Waals surface area contributed by atoms with Gasteiger partial charge in [0.05, 0.1) is 5.92 Å². The number of carbonyl (C=O) groups excluding carboxylic acids is 1. The maximum absolute atomic E-state index is 12.6. The molecule has 4 nitrogen and oxygen atoms in total. The molecule has 0 heterocycles. The average Bonchev–Trinajstić information content (AvgIpc) is 2.84. The van der Waals surface area contributed by atoms with Crippen LogP contribution in [0.3, 0.4) is 0 Å². The minimum atomic E-state index is -0.0135. The van der Waals surface area contributed by atoms with Gasteiger partial charge in [-0.3, -0.25) is 4.79 Å². The Kier molecular flexibility index (Phi) is 7.24. The topological polar surface area (TPSA) is 49.6 Å². The monoisotopic (exact) mass is 281 g/mol. The van der Waals surface area contributed by atoms with Gasteiger partial charge in [0, 0.05) is 25.7 Å². The van der Waals surface area contributed by atoms with Crippen molar-refractivity contribution in [2.24, 2.45) is 17.6 Å². The van der Waals surface area contributed by atoms with Crippen LogP contribution in [0.15, 0.2) is 12.2 Å². The lowest BCUT2D eigenvalue weighted by atomic mass is 10.1. The van der Waals surface area contributed by atoms with Crippen molar-refractivity contribution in [1.29, 1.82) is 0 Å². The first kappa shape index (κ1) is 17.2. The van der Waals surface area contributed by atoms with E-state index in [2.05, 4.69) is 32.6 Å². The van der Waals surface area contributed by atoms with Gasteiger partial charge >= 0.3 is 0 Å². The molecule has 20 heavy (non-hydrogen) atoms. The van der Waals surface area contributed by atoms with E-state index >= 15 is 0 Å². The number of nitrogens with zero attached hydrogens (tertiary/aromatic N) is 2. The number of likely N-dealkylation sites (N-methyl/N-ethyl adjacent to an activating group) is 1. The van der Waals surface area contributed by atoms with Crippen LogP contribution in [0.2, 0.25) is 0 Å². The van der Waals surface area contributed by atoms with Crippen LogP contribution in [0.5, 0.6) is 0 Å². The van der Waals surface area contributed by atoms with E-state index in [1.54, 1.807) is 0 Å². The SMILES string of the molecule is CCN(CC)CCN(CC(C)C)C(=O)C1C=CC(N)C1. The van der Waals surface area contributed by atoms with Crippen molar-refractivity contribution in [1.82, 2.24) is 9.80 Å². The van der Waals surface area contributed by atoms with E-state index < -0.39 is 0 Å². The third kappa shape index (κ3) is 5.25. The zero-order chi connectivity index (χ0) is 15.1. The molecule has 0 spiro atoms.